The molecule has 1 fully saturated rings. The summed E-state index contributed by atoms with van der Waals surface area (Å²) >= 11 is 3.47. The molecule has 0 radical (unpaired) electrons. The van der Waals surface area contributed by atoms with E-state index >= 15 is 8.78 Å². The lowest BCUT2D eigenvalue weighted by Crippen LogP contribution is -2.15. The second-order valence-electron chi connectivity index (χ2n) is 10.9. The Hall–Kier alpha value is -3.58. The zero-order chi connectivity index (χ0) is 32.7. The molecule has 1 heterocycles. The lowest BCUT2D eigenvalue weighted by molar-refractivity contribution is -0.0790. The Morgan fingerprint density at radius 3 is 1.87 bits per heavy atom. The predicted octanol–water partition coefficient (Wildman–Crippen LogP) is 10.9. The number of thioether (sulfide) groups is 2. The predicted molar refractivity (Wildman–Crippen MR) is 177 cm³/mol. The number of alkyl halides is 3. The molecule has 4 aromatic carbocycles. The van der Waals surface area contributed by atoms with Crippen molar-refractivity contribution in [2.75, 3.05) is 25.2 Å². The van der Waals surface area contributed by atoms with E-state index in [-0.39, 0.29) is 21.8 Å². The van der Waals surface area contributed by atoms with E-state index in [0.717, 1.165) is 31.0 Å². The first kappa shape index (κ1) is 33.8. The van der Waals surface area contributed by atoms with Crippen LogP contribution in [0.3, 0.4) is 0 Å². The van der Waals surface area contributed by atoms with E-state index < -0.39 is 23.6 Å². The number of rotatable bonds is 8. The summed E-state index contributed by atoms with van der Waals surface area (Å²) in [4.78, 5) is 0. The Balaban J connectivity index is 1.22. The molecule has 0 spiro atoms. The summed E-state index contributed by atoms with van der Waals surface area (Å²) in [6.07, 6.45) is -1.72. The summed E-state index contributed by atoms with van der Waals surface area (Å²) in [5.41, 5.74) is 3.39. The Bertz CT molecular complexity index is 1710. The summed E-state index contributed by atoms with van der Waals surface area (Å²) in [5.74, 6) is 6.62. The average molecular weight is 669 g/mol. The smallest absolute Gasteiger partial charge is 0.385 e. The van der Waals surface area contributed by atoms with E-state index in [0.29, 0.717) is 45.4 Å². The third-order valence-corrected chi connectivity index (χ3v) is 10.8. The van der Waals surface area contributed by atoms with Crippen LogP contribution < -0.4 is 0 Å². The van der Waals surface area contributed by atoms with Crippen LogP contribution >= 0.6 is 23.5 Å². The van der Waals surface area contributed by atoms with Crippen molar-refractivity contribution < 1.29 is 31.1 Å². The molecule has 4 aromatic rings. The summed E-state index contributed by atoms with van der Waals surface area (Å²) in [7, 11) is 1.70. The van der Waals surface area contributed by atoms with Crippen molar-refractivity contribution in [3.8, 4) is 34.1 Å². The van der Waals surface area contributed by atoms with Crippen LogP contribution in [0.25, 0.3) is 28.3 Å². The third kappa shape index (κ3) is 9.03. The van der Waals surface area contributed by atoms with E-state index in [9.17, 15) is 17.6 Å². The molecule has 0 unspecified atom stereocenters. The van der Waals surface area contributed by atoms with E-state index in [1.807, 2.05) is 0 Å². The van der Waals surface area contributed by atoms with Gasteiger partial charge in [0.15, 0.2) is 0 Å². The monoisotopic (exact) mass is 668 g/mol. The summed E-state index contributed by atoms with van der Waals surface area (Å²) in [6, 6.07) is 20.6. The second kappa shape index (κ2) is 15.3. The maximum atomic E-state index is 15.2. The zero-order valence-electron chi connectivity index (χ0n) is 24.8. The van der Waals surface area contributed by atoms with Gasteiger partial charge < -0.3 is 4.74 Å². The number of hydrogen-bond donors (Lipinski definition) is 0. The topological polar surface area (TPSA) is 9.23 Å². The highest BCUT2D eigenvalue weighted by Gasteiger charge is 2.26. The first-order chi connectivity index (χ1) is 22.1. The van der Waals surface area contributed by atoms with Crippen LogP contribution in [0.5, 0.6) is 0 Å². The van der Waals surface area contributed by atoms with Crippen LogP contribution in [-0.2, 0) is 4.74 Å². The van der Waals surface area contributed by atoms with Gasteiger partial charge in [-0.1, -0.05) is 48.2 Å². The number of hydrogen-bond acceptors (Lipinski definition) is 3. The molecule has 0 atom stereocenters. The molecule has 0 saturated carbocycles. The standard InChI is InChI=1S/C37H30F6OS2/c1-44-18-2-3-26-22-45-36(46-23-26)31-20-33(39)35(34(40)21-31)29-12-8-25(9-13-29)5-4-24-6-10-27(11-7-24)30-15-14-28(32(38)19-30)16-17-37(41,42)43/h6-17,19-21,26,36H,2-3,18,22-23H2,1H3/b17-16+. The summed E-state index contributed by atoms with van der Waals surface area (Å²) < 4.78 is 87.1. The molecule has 0 aromatic heterocycles. The quantitative estimate of drug-likeness (QED) is 0.105. The minimum atomic E-state index is -4.52. The van der Waals surface area contributed by atoms with Crippen molar-refractivity contribution >= 4 is 29.6 Å². The van der Waals surface area contributed by atoms with Gasteiger partial charge in [-0.2, -0.15) is 13.2 Å². The minimum Gasteiger partial charge on any atom is -0.385 e. The Labute approximate surface area is 273 Å². The molecule has 0 bridgehead atoms. The molecular formula is C37H30F6OS2. The van der Waals surface area contributed by atoms with Crippen LogP contribution in [-0.4, -0.2) is 31.4 Å². The van der Waals surface area contributed by atoms with Crippen molar-refractivity contribution in [1.29, 1.82) is 0 Å². The normalized spacial score (nSPS) is 16.8. The number of benzene rings is 4. The highest BCUT2D eigenvalue weighted by atomic mass is 32.2. The Morgan fingerprint density at radius 2 is 1.33 bits per heavy atom. The van der Waals surface area contributed by atoms with Crippen LogP contribution in [0.2, 0.25) is 0 Å². The minimum absolute atomic E-state index is 0.000723. The van der Waals surface area contributed by atoms with Crippen molar-refractivity contribution in [1.82, 2.24) is 0 Å². The SMILES string of the molecule is COCCCC1CSC(c2cc(F)c(-c3ccc(C#Cc4ccc(-c5ccc(/C=C/C(F)(F)F)c(F)c5)cc4)cc3)c(F)c2)SC1. The van der Waals surface area contributed by atoms with Crippen LogP contribution in [0.1, 0.15) is 39.7 Å². The van der Waals surface area contributed by atoms with Gasteiger partial charge in [0.05, 0.1) is 10.1 Å². The number of methoxy groups -OCH3 is 1. The average Bonchev–Trinajstić information content (AvgIpc) is 3.04. The van der Waals surface area contributed by atoms with Crippen molar-refractivity contribution in [2.24, 2.45) is 5.92 Å². The highest BCUT2D eigenvalue weighted by molar-refractivity contribution is 8.16. The second-order valence-corrected chi connectivity index (χ2v) is 13.4. The maximum Gasteiger partial charge on any atom is 0.409 e. The van der Waals surface area contributed by atoms with Crippen LogP contribution in [0.15, 0.2) is 84.9 Å². The van der Waals surface area contributed by atoms with Gasteiger partial charge in [0, 0.05) is 36.5 Å². The van der Waals surface area contributed by atoms with Crippen LogP contribution in [0, 0.1) is 35.2 Å². The van der Waals surface area contributed by atoms with Gasteiger partial charge in [-0.15, -0.1) is 23.5 Å². The molecule has 0 aliphatic carbocycles. The fraction of sp³-hybridized carbons (Fsp3) is 0.243. The molecule has 1 aliphatic heterocycles. The number of allylic oxidation sites excluding steroid dienone is 1. The first-order valence-corrected chi connectivity index (χ1v) is 16.7. The lowest BCUT2D eigenvalue weighted by atomic mass is 10.0. The third-order valence-electron chi connectivity index (χ3n) is 7.46. The number of ether oxygens (including phenoxy) is 1. The molecule has 238 valence electrons. The van der Waals surface area contributed by atoms with Gasteiger partial charge >= 0.3 is 6.18 Å². The van der Waals surface area contributed by atoms with E-state index in [1.165, 1.54) is 24.3 Å². The van der Waals surface area contributed by atoms with Gasteiger partial charge in [0.2, 0.25) is 0 Å². The molecule has 1 aliphatic rings. The van der Waals surface area contributed by atoms with E-state index in [1.54, 1.807) is 85.2 Å². The summed E-state index contributed by atoms with van der Waals surface area (Å²) in [5, 5.41) is 0. The van der Waals surface area contributed by atoms with Crippen molar-refractivity contribution in [3.63, 3.8) is 0 Å². The van der Waals surface area contributed by atoms with Gasteiger partial charge in [-0.05, 0) is 101 Å². The Kier molecular flexibility index (Phi) is 11.3. The van der Waals surface area contributed by atoms with Crippen LogP contribution in [0.4, 0.5) is 26.3 Å². The fourth-order valence-electron chi connectivity index (χ4n) is 5.06. The van der Waals surface area contributed by atoms with Gasteiger partial charge in [0.1, 0.15) is 17.5 Å². The maximum absolute atomic E-state index is 15.2. The summed E-state index contributed by atoms with van der Waals surface area (Å²) in [6.45, 7) is 0.748. The molecule has 0 amide bonds. The van der Waals surface area contributed by atoms with Gasteiger partial charge in [-0.25, -0.2) is 13.2 Å². The Morgan fingerprint density at radius 1 is 0.761 bits per heavy atom. The molecule has 1 saturated heterocycles. The van der Waals surface area contributed by atoms with E-state index in [2.05, 4.69) is 11.8 Å². The lowest BCUT2D eigenvalue weighted by Gasteiger charge is -2.28. The fourth-order valence-corrected chi connectivity index (χ4v) is 8.19. The zero-order valence-corrected chi connectivity index (χ0v) is 26.5. The molecule has 5 rings (SSSR count). The highest BCUT2D eigenvalue weighted by Crippen LogP contribution is 2.47. The molecule has 46 heavy (non-hydrogen) atoms. The largest absolute Gasteiger partial charge is 0.409 e. The molecule has 0 N–H and O–H groups in total. The van der Waals surface area contributed by atoms with Gasteiger partial charge in [0.25, 0.3) is 0 Å². The first-order valence-electron chi connectivity index (χ1n) is 14.6. The van der Waals surface area contributed by atoms with Crippen molar-refractivity contribution in [2.45, 2.75) is 23.6 Å². The molecule has 9 heteroatoms. The van der Waals surface area contributed by atoms with E-state index in [4.69, 9.17) is 4.74 Å². The number of halogens is 6. The van der Waals surface area contributed by atoms with Crippen molar-refractivity contribution in [3.05, 3.63) is 125 Å². The van der Waals surface area contributed by atoms with Gasteiger partial charge in [-0.3, -0.25) is 0 Å². The molecular weight excluding hydrogens is 639 g/mol. The molecule has 1 nitrogen and oxygen atoms in total.